The Morgan fingerprint density at radius 1 is 1.00 bits per heavy atom. The Hall–Kier alpha value is -2.25. The predicted octanol–water partition coefficient (Wildman–Crippen LogP) is 6.78. The minimum Gasteiger partial charge on any atom is -0.493 e. The highest BCUT2D eigenvalue weighted by Crippen LogP contribution is 2.37. The molecule has 0 radical (unpaired) electrons. The van der Waals surface area contributed by atoms with Crippen molar-refractivity contribution < 1.29 is 32.1 Å². The van der Waals surface area contributed by atoms with Gasteiger partial charge >= 0.3 is 0 Å². The van der Waals surface area contributed by atoms with Crippen LogP contribution in [0.1, 0.15) is 68.8 Å². The quantitative estimate of drug-likeness (QED) is 0.352. The summed E-state index contributed by atoms with van der Waals surface area (Å²) in [6.45, 7) is 5.52. The average Bonchev–Trinajstić information content (AvgIpc) is 2.79. The van der Waals surface area contributed by atoms with Crippen molar-refractivity contribution in [1.82, 2.24) is 0 Å². The van der Waals surface area contributed by atoms with Crippen LogP contribution in [0, 0.1) is 5.82 Å². The van der Waals surface area contributed by atoms with Crippen LogP contribution in [0.15, 0.2) is 36.4 Å². The Bertz CT molecular complexity index is 834. The molecule has 1 heterocycles. The number of rotatable bonds is 11. The van der Waals surface area contributed by atoms with Crippen molar-refractivity contribution in [2.75, 3.05) is 19.8 Å². The van der Waals surface area contributed by atoms with Gasteiger partial charge in [-0.15, -0.1) is 0 Å². The fourth-order valence-electron chi connectivity index (χ4n) is 3.67. The Balaban J connectivity index is 1.60. The second-order valence-corrected chi connectivity index (χ2v) is 7.80. The van der Waals surface area contributed by atoms with Crippen LogP contribution in [0.25, 0.3) is 0 Å². The number of hydrogen-bond donors (Lipinski definition) is 0. The fourth-order valence-corrected chi connectivity index (χ4v) is 3.67. The SMILES string of the molecule is CCCCOc1ccc(OCc2ccc(C3CCC(OCC)CO3)cc2)c(F)c1C(F)F. The van der Waals surface area contributed by atoms with Crippen molar-refractivity contribution >= 4 is 0 Å². The summed E-state index contributed by atoms with van der Waals surface area (Å²) < 4.78 is 63.9. The van der Waals surface area contributed by atoms with E-state index in [4.69, 9.17) is 18.9 Å². The van der Waals surface area contributed by atoms with Crippen LogP contribution in [0.3, 0.4) is 0 Å². The van der Waals surface area contributed by atoms with E-state index in [0.29, 0.717) is 19.6 Å². The van der Waals surface area contributed by atoms with Crippen LogP contribution >= 0.6 is 0 Å². The predicted molar refractivity (Wildman–Crippen MR) is 116 cm³/mol. The van der Waals surface area contributed by atoms with Crippen LogP contribution in [-0.2, 0) is 16.1 Å². The molecule has 0 aromatic heterocycles. The highest BCUT2D eigenvalue weighted by Gasteiger charge is 2.24. The summed E-state index contributed by atoms with van der Waals surface area (Å²) in [5.74, 6) is -1.43. The van der Waals surface area contributed by atoms with Gasteiger partial charge in [0.05, 0.1) is 31.0 Å². The summed E-state index contributed by atoms with van der Waals surface area (Å²) in [5.41, 5.74) is 1.11. The molecule has 32 heavy (non-hydrogen) atoms. The first-order valence-corrected chi connectivity index (χ1v) is 11.2. The van der Waals surface area contributed by atoms with Gasteiger partial charge in [-0.3, -0.25) is 0 Å². The third kappa shape index (κ3) is 6.39. The summed E-state index contributed by atoms with van der Waals surface area (Å²) in [6.07, 6.45) is 0.577. The molecular weight excluding hydrogens is 421 g/mol. The summed E-state index contributed by atoms with van der Waals surface area (Å²) >= 11 is 0. The Morgan fingerprint density at radius 3 is 2.38 bits per heavy atom. The topological polar surface area (TPSA) is 36.9 Å². The molecule has 7 heteroatoms. The summed E-state index contributed by atoms with van der Waals surface area (Å²) in [4.78, 5) is 0. The molecule has 0 N–H and O–H groups in total. The Morgan fingerprint density at radius 2 is 1.75 bits per heavy atom. The number of alkyl halides is 2. The van der Waals surface area contributed by atoms with E-state index in [9.17, 15) is 13.2 Å². The van der Waals surface area contributed by atoms with Gasteiger partial charge in [-0.25, -0.2) is 13.2 Å². The maximum Gasteiger partial charge on any atom is 0.270 e. The van der Waals surface area contributed by atoms with Gasteiger partial charge in [0.15, 0.2) is 11.6 Å². The normalized spacial score (nSPS) is 18.7. The number of hydrogen-bond acceptors (Lipinski definition) is 4. The molecule has 3 rings (SSSR count). The highest BCUT2D eigenvalue weighted by molar-refractivity contribution is 5.43. The van der Waals surface area contributed by atoms with Gasteiger partial charge in [-0.05, 0) is 49.4 Å². The largest absolute Gasteiger partial charge is 0.493 e. The molecule has 1 fully saturated rings. The molecule has 2 unspecified atom stereocenters. The van der Waals surface area contributed by atoms with Crippen LogP contribution in [0.5, 0.6) is 11.5 Å². The Kier molecular flexibility index (Phi) is 9.23. The standard InChI is InChI=1S/C25H31F3O4/c1-3-5-14-30-21-12-13-22(24(26)23(21)25(27)28)31-15-17-6-8-18(9-7-17)20-11-10-19(16-32-20)29-4-2/h6-9,12-13,19-20,25H,3-5,10-11,14-16H2,1-2H3. The van der Waals surface area contributed by atoms with Crippen molar-refractivity contribution in [3.05, 3.63) is 58.9 Å². The van der Waals surface area contributed by atoms with Crippen molar-refractivity contribution in [3.8, 4) is 11.5 Å². The molecule has 0 bridgehead atoms. The van der Waals surface area contributed by atoms with Gasteiger partial charge in [-0.2, -0.15) is 0 Å². The van der Waals surface area contributed by atoms with E-state index in [1.807, 2.05) is 38.1 Å². The molecule has 1 aliphatic rings. The average molecular weight is 453 g/mol. The van der Waals surface area contributed by atoms with Crippen molar-refractivity contribution in [2.45, 2.75) is 64.8 Å². The lowest BCUT2D eigenvalue weighted by Gasteiger charge is -2.29. The van der Waals surface area contributed by atoms with E-state index in [2.05, 4.69) is 0 Å². The summed E-state index contributed by atoms with van der Waals surface area (Å²) in [5, 5.41) is 0. The van der Waals surface area contributed by atoms with E-state index in [-0.39, 0.29) is 36.9 Å². The van der Waals surface area contributed by atoms with Crippen molar-refractivity contribution in [1.29, 1.82) is 0 Å². The number of benzene rings is 2. The molecular formula is C25H31F3O4. The lowest BCUT2D eigenvalue weighted by Crippen LogP contribution is -2.27. The summed E-state index contributed by atoms with van der Waals surface area (Å²) in [7, 11) is 0. The fraction of sp³-hybridized carbons (Fsp3) is 0.520. The zero-order valence-corrected chi connectivity index (χ0v) is 18.6. The minimum atomic E-state index is -2.99. The minimum absolute atomic E-state index is 0.0213. The monoisotopic (exact) mass is 452 g/mol. The van der Waals surface area contributed by atoms with Crippen LogP contribution in [-0.4, -0.2) is 25.9 Å². The molecule has 2 aromatic carbocycles. The zero-order chi connectivity index (χ0) is 22.9. The molecule has 2 atom stereocenters. The first kappa shape index (κ1) is 24.4. The lowest BCUT2D eigenvalue weighted by atomic mass is 9.99. The van der Waals surface area contributed by atoms with E-state index in [1.54, 1.807) is 0 Å². The highest BCUT2D eigenvalue weighted by atomic mass is 19.3. The molecule has 176 valence electrons. The van der Waals surface area contributed by atoms with Crippen molar-refractivity contribution in [3.63, 3.8) is 0 Å². The maximum atomic E-state index is 14.7. The Labute approximate surface area is 187 Å². The molecule has 0 aliphatic carbocycles. The van der Waals surface area contributed by atoms with Crippen LogP contribution < -0.4 is 9.47 Å². The smallest absolute Gasteiger partial charge is 0.270 e. The van der Waals surface area contributed by atoms with Gasteiger partial charge < -0.3 is 18.9 Å². The summed E-state index contributed by atoms with van der Waals surface area (Å²) in [6, 6.07) is 10.3. The maximum absolute atomic E-state index is 14.7. The number of ether oxygens (including phenoxy) is 4. The second kappa shape index (κ2) is 12.1. The van der Waals surface area contributed by atoms with Gasteiger partial charge in [0.1, 0.15) is 12.4 Å². The van der Waals surface area contributed by atoms with Gasteiger partial charge in [-0.1, -0.05) is 37.6 Å². The molecule has 0 spiro atoms. The van der Waals surface area contributed by atoms with Gasteiger partial charge in [0, 0.05) is 6.61 Å². The van der Waals surface area contributed by atoms with Gasteiger partial charge in [0.2, 0.25) is 0 Å². The van der Waals surface area contributed by atoms with Crippen LogP contribution in [0.4, 0.5) is 13.2 Å². The molecule has 4 nitrogen and oxygen atoms in total. The third-order valence-electron chi connectivity index (χ3n) is 5.46. The van der Waals surface area contributed by atoms with E-state index in [0.717, 1.165) is 30.4 Å². The van der Waals surface area contributed by atoms with Gasteiger partial charge in [0.25, 0.3) is 6.43 Å². The van der Waals surface area contributed by atoms with E-state index >= 15 is 0 Å². The van der Waals surface area contributed by atoms with E-state index < -0.39 is 17.8 Å². The first-order chi connectivity index (χ1) is 15.5. The van der Waals surface area contributed by atoms with Crippen LogP contribution in [0.2, 0.25) is 0 Å². The molecule has 0 amide bonds. The first-order valence-electron chi connectivity index (χ1n) is 11.2. The number of unbranched alkanes of at least 4 members (excludes halogenated alkanes) is 1. The number of halogens is 3. The molecule has 0 saturated carbocycles. The molecule has 2 aromatic rings. The zero-order valence-electron chi connectivity index (χ0n) is 18.6. The second-order valence-electron chi connectivity index (χ2n) is 7.80. The lowest BCUT2D eigenvalue weighted by molar-refractivity contribution is -0.0840. The van der Waals surface area contributed by atoms with E-state index in [1.165, 1.54) is 12.1 Å². The third-order valence-corrected chi connectivity index (χ3v) is 5.46. The molecule has 1 aliphatic heterocycles. The van der Waals surface area contributed by atoms with Crippen molar-refractivity contribution in [2.24, 2.45) is 0 Å². The molecule has 1 saturated heterocycles.